The van der Waals surface area contributed by atoms with Crippen molar-refractivity contribution in [3.05, 3.63) is 27.7 Å². The molecule has 1 aromatic rings. The fourth-order valence-electron chi connectivity index (χ4n) is 1.62. The summed E-state index contributed by atoms with van der Waals surface area (Å²) < 4.78 is 11.1. The number of amides is 1. The molecular weight excluding hydrogens is 336 g/mol. The zero-order valence-electron chi connectivity index (χ0n) is 12.4. The van der Waals surface area contributed by atoms with Gasteiger partial charge < -0.3 is 14.8 Å². The molecule has 1 aromatic carbocycles. The highest BCUT2D eigenvalue weighted by Crippen LogP contribution is 2.34. The molecule has 1 rings (SSSR count). The summed E-state index contributed by atoms with van der Waals surface area (Å²) in [5.41, 5.74) is 0.680. The number of carbonyl (C=O) groups excluding carboxylic acids is 1. The monoisotopic (exact) mass is 352 g/mol. The van der Waals surface area contributed by atoms with Crippen molar-refractivity contribution >= 4 is 27.9 Å². The van der Waals surface area contributed by atoms with E-state index >= 15 is 0 Å². The van der Waals surface area contributed by atoms with Gasteiger partial charge in [0.1, 0.15) is 11.6 Å². The third-order valence-electron chi connectivity index (χ3n) is 2.59. The Labute approximate surface area is 132 Å². The van der Waals surface area contributed by atoms with Gasteiger partial charge >= 0.3 is 0 Å². The second-order valence-corrected chi connectivity index (χ2v) is 5.38. The SMILES string of the molecule is COc1cc(Br)c(/C=C(\C#N)C(=O)NC(C)C)cc1OC. The Balaban J connectivity index is 3.23. The van der Waals surface area contributed by atoms with Crippen LogP contribution in [0.3, 0.4) is 0 Å². The molecule has 0 fully saturated rings. The fraction of sp³-hybridized carbons (Fsp3) is 0.333. The van der Waals surface area contributed by atoms with Gasteiger partial charge in [-0.1, -0.05) is 15.9 Å². The lowest BCUT2D eigenvalue weighted by Gasteiger charge is -2.11. The molecule has 0 heterocycles. The van der Waals surface area contributed by atoms with Gasteiger partial charge in [0.15, 0.2) is 11.5 Å². The van der Waals surface area contributed by atoms with E-state index < -0.39 is 5.91 Å². The van der Waals surface area contributed by atoms with Gasteiger partial charge in [-0.15, -0.1) is 0 Å². The minimum absolute atomic E-state index is 0.0246. The number of rotatable bonds is 5. The number of halogens is 1. The lowest BCUT2D eigenvalue weighted by atomic mass is 10.1. The molecule has 0 radical (unpaired) electrons. The first-order chi connectivity index (χ1) is 9.92. The van der Waals surface area contributed by atoms with Crippen molar-refractivity contribution in [1.29, 1.82) is 5.26 Å². The first kappa shape index (κ1) is 17.1. The first-order valence-corrected chi connectivity index (χ1v) is 7.06. The van der Waals surface area contributed by atoms with Crippen molar-refractivity contribution in [2.75, 3.05) is 14.2 Å². The van der Waals surface area contributed by atoms with E-state index in [1.807, 2.05) is 19.9 Å². The molecule has 0 saturated heterocycles. The molecule has 21 heavy (non-hydrogen) atoms. The summed E-state index contributed by atoms with van der Waals surface area (Å²) in [6.07, 6.45) is 1.50. The summed E-state index contributed by atoms with van der Waals surface area (Å²) in [6.45, 7) is 3.67. The molecule has 0 bridgehead atoms. The van der Waals surface area contributed by atoms with Crippen LogP contribution in [-0.2, 0) is 4.79 Å². The second kappa shape index (κ2) is 7.70. The van der Waals surface area contributed by atoms with Gasteiger partial charge in [0.25, 0.3) is 5.91 Å². The predicted octanol–water partition coefficient (Wildman–Crippen LogP) is 2.90. The third-order valence-corrected chi connectivity index (χ3v) is 3.27. The molecule has 1 amide bonds. The van der Waals surface area contributed by atoms with Crippen molar-refractivity contribution in [3.8, 4) is 17.6 Å². The van der Waals surface area contributed by atoms with Crippen LogP contribution in [-0.4, -0.2) is 26.2 Å². The Morgan fingerprint density at radius 2 is 1.90 bits per heavy atom. The summed E-state index contributed by atoms with van der Waals surface area (Å²) in [5.74, 6) is 0.675. The van der Waals surface area contributed by atoms with Gasteiger partial charge in [0.05, 0.1) is 14.2 Å². The highest BCUT2D eigenvalue weighted by Gasteiger charge is 2.13. The summed E-state index contributed by atoms with van der Waals surface area (Å²) >= 11 is 3.39. The Kier molecular flexibility index (Phi) is 6.25. The average Bonchev–Trinajstić information content (AvgIpc) is 2.44. The number of ether oxygens (including phenoxy) is 2. The maximum Gasteiger partial charge on any atom is 0.262 e. The molecule has 0 spiro atoms. The van der Waals surface area contributed by atoms with Crippen molar-refractivity contribution in [2.45, 2.75) is 19.9 Å². The molecule has 0 aliphatic carbocycles. The summed E-state index contributed by atoms with van der Waals surface area (Å²) in [7, 11) is 3.06. The van der Waals surface area contributed by atoms with E-state index in [0.717, 1.165) is 0 Å². The molecule has 5 nitrogen and oxygen atoms in total. The topological polar surface area (TPSA) is 71.3 Å². The molecule has 0 aromatic heterocycles. The number of benzene rings is 1. The van der Waals surface area contributed by atoms with E-state index in [-0.39, 0.29) is 11.6 Å². The molecule has 0 saturated carbocycles. The van der Waals surface area contributed by atoms with E-state index in [4.69, 9.17) is 14.7 Å². The Hall–Kier alpha value is -2.00. The third kappa shape index (κ3) is 4.50. The molecule has 1 N–H and O–H groups in total. The van der Waals surface area contributed by atoms with Crippen LogP contribution in [0.25, 0.3) is 6.08 Å². The van der Waals surface area contributed by atoms with Gasteiger partial charge in [0.2, 0.25) is 0 Å². The van der Waals surface area contributed by atoms with Crippen LogP contribution in [0, 0.1) is 11.3 Å². The number of carbonyl (C=O) groups is 1. The van der Waals surface area contributed by atoms with Gasteiger partial charge in [-0.05, 0) is 37.6 Å². The Bertz CT molecular complexity index is 604. The minimum atomic E-state index is -0.408. The zero-order chi connectivity index (χ0) is 16.0. The number of nitrogens with zero attached hydrogens (tertiary/aromatic N) is 1. The number of nitriles is 1. The first-order valence-electron chi connectivity index (χ1n) is 6.27. The number of hydrogen-bond donors (Lipinski definition) is 1. The Morgan fingerprint density at radius 1 is 1.33 bits per heavy atom. The molecule has 0 aliphatic heterocycles. The Morgan fingerprint density at radius 3 is 2.38 bits per heavy atom. The van der Waals surface area contributed by atoms with E-state index in [1.165, 1.54) is 20.3 Å². The normalized spacial score (nSPS) is 11.0. The quantitative estimate of drug-likeness (QED) is 0.653. The largest absolute Gasteiger partial charge is 0.493 e. The fourth-order valence-corrected chi connectivity index (χ4v) is 2.06. The molecule has 0 atom stereocenters. The standard InChI is InChI=1S/C15H17BrN2O3/c1-9(2)18-15(19)11(8-17)5-10-6-13(20-3)14(21-4)7-12(10)16/h5-7,9H,1-4H3,(H,18,19)/b11-5+. The van der Waals surface area contributed by atoms with Crippen molar-refractivity contribution in [2.24, 2.45) is 0 Å². The number of hydrogen-bond acceptors (Lipinski definition) is 4. The highest BCUT2D eigenvalue weighted by atomic mass is 79.9. The summed E-state index contributed by atoms with van der Waals surface area (Å²) in [6, 6.07) is 5.29. The van der Waals surface area contributed by atoms with E-state index in [1.54, 1.807) is 12.1 Å². The van der Waals surface area contributed by atoms with Crippen LogP contribution >= 0.6 is 15.9 Å². The van der Waals surface area contributed by atoms with Crippen molar-refractivity contribution in [1.82, 2.24) is 5.32 Å². The predicted molar refractivity (Wildman–Crippen MR) is 84.1 cm³/mol. The van der Waals surface area contributed by atoms with Crippen LogP contribution in [0.2, 0.25) is 0 Å². The van der Waals surface area contributed by atoms with Gasteiger partial charge in [-0.3, -0.25) is 4.79 Å². The lowest BCUT2D eigenvalue weighted by molar-refractivity contribution is -0.117. The van der Waals surface area contributed by atoms with Crippen LogP contribution < -0.4 is 14.8 Å². The van der Waals surface area contributed by atoms with Crippen LogP contribution in [0.15, 0.2) is 22.2 Å². The van der Waals surface area contributed by atoms with Gasteiger partial charge in [0, 0.05) is 10.5 Å². The zero-order valence-corrected chi connectivity index (χ0v) is 13.9. The maximum atomic E-state index is 11.9. The van der Waals surface area contributed by atoms with Crippen molar-refractivity contribution < 1.29 is 14.3 Å². The van der Waals surface area contributed by atoms with Crippen molar-refractivity contribution in [3.63, 3.8) is 0 Å². The smallest absolute Gasteiger partial charge is 0.262 e. The van der Waals surface area contributed by atoms with Gasteiger partial charge in [-0.2, -0.15) is 5.26 Å². The van der Waals surface area contributed by atoms with E-state index in [0.29, 0.717) is 21.5 Å². The van der Waals surface area contributed by atoms with E-state index in [9.17, 15) is 4.79 Å². The molecular formula is C15H17BrN2O3. The average molecular weight is 353 g/mol. The molecule has 0 aliphatic rings. The molecule has 112 valence electrons. The summed E-state index contributed by atoms with van der Waals surface area (Å²) in [4.78, 5) is 11.9. The van der Waals surface area contributed by atoms with Crippen LogP contribution in [0.4, 0.5) is 0 Å². The second-order valence-electron chi connectivity index (χ2n) is 4.53. The summed E-state index contributed by atoms with van der Waals surface area (Å²) in [5, 5.41) is 11.8. The minimum Gasteiger partial charge on any atom is -0.493 e. The molecule has 6 heteroatoms. The molecule has 0 unspecified atom stereocenters. The lowest BCUT2D eigenvalue weighted by Crippen LogP contribution is -2.30. The highest BCUT2D eigenvalue weighted by molar-refractivity contribution is 9.10. The van der Waals surface area contributed by atoms with Gasteiger partial charge in [-0.25, -0.2) is 0 Å². The maximum absolute atomic E-state index is 11.9. The number of nitrogens with one attached hydrogen (secondary N) is 1. The van der Waals surface area contributed by atoms with Crippen LogP contribution in [0.1, 0.15) is 19.4 Å². The van der Waals surface area contributed by atoms with E-state index in [2.05, 4.69) is 21.2 Å². The number of methoxy groups -OCH3 is 2. The van der Waals surface area contributed by atoms with Crippen LogP contribution in [0.5, 0.6) is 11.5 Å².